The van der Waals surface area contributed by atoms with Crippen molar-refractivity contribution < 1.29 is 4.79 Å². The average Bonchev–Trinajstić information content (AvgIpc) is 2.29. The lowest BCUT2D eigenvalue weighted by Gasteiger charge is -2.36. The Kier molecular flexibility index (Phi) is 4.02. The highest BCUT2D eigenvalue weighted by Gasteiger charge is 2.29. The molecule has 92 valence electrons. The Morgan fingerprint density at radius 3 is 2.59 bits per heavy atom. The summed E-state index contributed by atoms with van der Waals surface area (Å²) in [6, 6.07) is 8.50. The van der Waals surface area contributed by atoms with Crippen molar-refractivity contribution in [2.45, 2.75) is 24.8 Å². The molecule has 1 aliphatic rings. The van der Waals surface area contributed by atoms with Crippen molar-refractivity contribution in [3.8, 4) is 0 Å². The normalized spacial score (nSPS) is 22.9. The number of likely N-dealkylation sites (N-methyl/N-ethyl adjacent to an activating group) is 1. The van der Waals surface area contributed by atoms with Gasteiger partial charge in [0.05, 0.1) is 6.54 Å². The molecule has 0 unspecified atom stereocenters. The standard InChI is InChI=1S/C13H17ClN2O/c1-15-13(17)8-16-12-6-10(7-12)9-2-4-11(14)5-3-9/h2-5,10,12,16H,6-8H2,1H3,(H,15,17). The van der Waals surface area contributed by atoms with Crippen LogP contribution in [-0.2, 0) is 4.79 Å². The molecule has 0 aliphatic heterocycles. The first-order chi connectivity index (χ1) is 8.19. The Labute approximate surface area is 107 Å². The first-order valence-electron chi connectivity index (χ1n) is 5.88. The lowest BCUT2D eigenvalue weighted by Crippen LogP contribution is -2.44. The summed E-state index contributed by atoms with van der Waals surface area (Å²) in [6.45, 7) is 0.411. The third kappa shape index (κ3) is 3.20. The molecule has 2 rings (SSSR count). The molecule has 0 spiro atoms. The zero-order valence-corrected chi connectivity index (χ0v) is 10.6. The Morgan fingerprint density at radius 2 is 2.00 bits per heavy atom. The van der Waals surface area contributed by atoms with Crippen molar-refractivity contribution in [2.75, 3.05) is 13.6 Å². The van der Waals surface area contributed by atoms with E-state index in [1.165, 1.54) is 5.56 Å². The second-order valence-electron chi connectivity index (χ2n) is 4.47. The van der Waals surface area contributed by atoms with Gasteiger partial charge in [-0.25, -0.2) is 0 Å². The van der Waals surface area contributed by atoms with Crippen LogP contribution in [-0.4, -0.2) is 25.5 Å². The summed E-state index contributed by atoms with van der Waals surface area (Å²) < 4.78 is 0. The van der Waals surface area contributed by atoms with E-state index in [9.17, 15) is 4.79 Å². The molecule has 2 N–H and O–H groups in total. The molecular weight excluding hydrogens is 236 g/mol. The van der Waals surface area contributed by atoms with Crippen molar-refractivity contribution in [1.82, 2.24) is 10.6 Å². The van der Waals surface area contributed by atoms with Crippen molar-refractivity contribution in [1.29, 1.82) is 0 Å². The van der Waals surface area contributed by atoms with Crippen molar-refractivity contribution in [2.24, 2.45) is 0 Å². The van der Waals surface area contributed by atoms with Crippen LogP contribution in [0.25, 0.3) is 0 Å². The maximum atomic E-state index is 11.1. The van der Waals surface area contributed by atoms with Gasteiger partial charge in [0.2, 0.25) is 5.91 Å². The van der Waals surface area contributed by atoms with E-state index in [0.717, 1.165) is 17.9 Å². The molecule has 3 nitrogen and oxygen atoms in total. The van der Waals surface area contributed by atoms with E-state index in [0.29, 0.717) is 18.5 Å². The van der Waals surface area contributed by atoms with Gasteiger partial charge >= 0.3 is 0 Å². The Bertz CT molecular complexity index is 385. The fourth-order valence-corrected chi connectivity index (χ4v) is 2.24. The van der Waals surface area contributed by atoms with E-state index >= 15 is 0 Å². The number of amides is 1. The highest BCUT2D eigenvalue weighted by atomic mass is 35.5. The molecule has 0 bridgehead atoms. The van der Waals surface area contributed by atoms with Gasteiger partial charge in [-0.2, -0.15) is 0 Å². The molecule has 1 fully saturated rings. The summed E-state index contributed by atoms with van der Waals surface area (Å²) >= 11 is 5.85. The second-order valence-corrected chi connectivity index (χ2v) is 4.91. The quantitative estimate of drug-likeness (QED) is 0.860. The topological polar surface area (TPSA) is 41.1 Å². The van der Waals surface area contributed by atoms with Crippen LogP contribution in [0.1, 0.15) is 24.3 Å². The summed E-state index contributed by atoms with van der Waals surface area (Å²) in [7, 11) is 1.65. The monoisotopic (exact) mass is 252 g/mol. The van der Waals surface area contributed by atoms with Gasteiger partial charge in [-0.05, 0) is 36.5 Å². The van der Waals surface area contributed by atoms with Crippen LogP contribution < -0.4 is 10.6 Å². The third-order valence-electron chi connectivity index (χ3n) is 3.31. The predicted octanol–water partition coefficient (Wildman–Crippen LogP) is 1.92. The van der Waals surface area contributed by atoms with Gasteiger partial charge in [-0.1, -0.05) is 23.7 Å². The SMILES string of the molecule is CNC(=O)CNC1CC(c2ccc(Cl)cc2)C1. The largest absolute Gasteiger partial charge is 0.358 e. The lowest BCUT2D eigenvalue weighted by molar-refractivity contribution is -0.120. The maximum Gasteiger partial charge on any atom is 0.233 e. The second kappa shape index (κ2) is 5.52. The predicted molar refractivity (Wildman–Crippen MR) is 69.3 cm³/mol. The van der Waals surface area contributed by atoms with Crippen LogP contribution in [0.4, 0.5) is 0 Å². The molecule has 1 saturated carbocycles. The van der Waals surface area contributed by atoms with Crippen molar-refractivity contribution in [3.05, 3.63) is 34.9 Å². The zero-order chi connectivity index (χ0) is 12.3. The number of hydrogen-bond donors (Lipinski definition) is 2. The molecule has 1 amide bonds. The molecule has 4 heteroatoms. The minimum Gasteiger partial charge on any atom is -0.358 e. The molecule has 1 aromatic rings. The summed E-state index contributed by atoms with van der Waals surface area (Å²) in [6.07, 6.45) is 2.19. The van der Waals surface area contributed by atoms with Crippen LogP contribution in [0.15, 0.2) is 24.3 Å². The minimum atomic E-state index is 0.0416. The fourth-order valence-electron chi connectivity index (χ4n) is 2.12. The van der Waals surface area contributed by atoms with Gasteiger partial charge < -0.3 is 10.6 Å². The van der Waals surface area contributed by atoms with E-state index in [2.05, 4.69) is 22.8 Å². The number of benzene rings is 1. The summed E-state index contributed by atoms with van der Waals surface area (Å²) in [5.41, 5.74) is 1.34. The highest BCUT2D eigenvalue weighted by molar-refractivity contribution is 6.30. The molecule has 0 atom stereocenters. The van der Waals surface area contributed by atoms with Crippen molar-refractivity contribution >= 4 is 17.5 Å². The Balaban J connectivity index is 1.75. The molecule has 1 aliphatic carbocycles. The molecular formula is C13H17ClN2O. The van der Waals surface area contributed by atoms with Gasteiger partial charge in [-0.15, -0.1) is 0 Å². The van der Waals surface area contributed by atoms with E-state index in [4.69, 9.17) is 11.6 Å². The number of halogens is 1. The average molecular weight is 253 g/mol. The number of carbonyl (C=O) groups excluding carboxylic acids is 1. The number of nitrogens with one attached hydrogen (secondary N) is 2. The van der Waals surface area contributed by atoms with Gasteiger partial charge in [-0.3, -0.25) is 4.79 Å². The van der Waals surface area contributed by atoms with E-state index in [-0.39, 0.29) is 5.91 Å². The molecule has 0 saturated heterocycles. The smallest absolute Gasteiger partial charge is 0.233 e. The van der Waals surface area contributed by atoms with E-state index < -0.39 is 0 Å². The summed E-state index contributed by atoms with van der Waals surface area (Å²) in [4.78, 5) is 11.1. The Hall–Kier alpha value is -1.06. The number of hydrogen-bond acceptors (Lipinski definition) is 2. The van der Waals surface area contributed by atoms with E-state index in [1.54, 1.807) is 7.05 Å². The number of rotatable bonds is 4. The van der Waals surface area contributed by atoms with Gasteiger partial charge in [0.25, 0.3) is 0 Å². The number of carbonyl (C=O) groups is 1. The van der Waals surface area contributed by atoms with Gasteiger partial charge in [0.15, 0.2) is 0 Å². The minimum absolute atomic E-state index is 0.0416. The van der Waals surface area contributed by atoms with Crippen LogP contribution in [0.3, 0.4) is 0 Å². The molecule has 1 aromatic carbocycles. The third-order valence-corrected chi connectivity index (χ3v) is 3.56. The Morgan fingerprint density at radius 1 is 1.35 bits per heavy atom. The highest BCUT2D eigenvalue weighted by Crippen LogP contribution is 2.37. The fraction of sp³-hybridized carbons (Fsp3) is 0.462. The van der Waals surface area contributed by atoms with Crippen LogP contribution in [0.2, 0.25) is 5.02 Å². The zero-order valence-electron chi connectivity index (χ0n) is 9.87. The first kappa shape index (κ1) is 12.4. The summed E-state index contributed by atoms with van der Waals surface area (Å²) in [5, 5.41) is 6.62. The lowest BCUT2D eigenvalue weighted by atomic mass is 9.76. The summed E-state index contributed by atoms with van der Waals surface area (Å²) in [5.74, 6) is 0.648. The van der Waals surface area contributed by atoms with Crippen LogP contribution in [0, 0.1) is 0 Å². The van der Waals surface area contributed by atoms with Crippen LogP contribution >= 0.6 is 11.6 Å². The molecule has 17 heavy (non-hydrogen) atoms. The first-order valence-corrected chi connectivity index (χ1v) is 6.26. The van der Waals surface area contributed by atoms with Crippen molar-refractivity contribution in [3.63, 3.8) is 0 Å². The van der Waals surface area contributed by atoms with Crippen LogP contribution in [0.5, 0.6) is 0 Å². The molecule has 0 radical (unpaired) electrons. The maximum absolute atomic E-state index is 11.1. The molecule has 0 heterocycles. The van der Waals surface area contributed by atoms with Gasteiger partial charge in [0.1, 0.15) is 0 Å². The molecule has 0 aromatic heterocycles. The van der Waals surface area contributed by atoms with E-state index in [1.807, 2.05) is 12.1 Å². The van der Waals surface area contributed by atoms with Gasteiger partial charge in [0, 0.05) is 18.1 Å².